The van der Waals surface area contributed by atoms with Crippen molar-refractivity contribution in [3.05, 3.63) is 34.9 Å². The van der Waals surface area contributed by atoms with Crippen molar-refractivity contribution in [3.63, 3.8) is 0 Å². The second kappa shape index (κ2) is 11.3. The second-order valence-corrected chi connectivity index (χ2v) is 9.50. The fourth-order valence-corrected chi connectivity index (χ4v) is 4.63. The second-order valence-electron chi connectivity index (χ2n) is 9.50. The van der Waals surface area contributed by atoms with Gasteiger partial charge in [0.2, 0.25) is 5.91 Å². The number of benzene rings is 1. The van der Waals surface area contributed by atoms with Crippen LogP contribution in [0, 0.1) is 11.8 Å². The molecule has 5 nitrogen and oxygen atoms in total. The molecule has 0 spiro atoms. The summed E-state index contributed by atoms with van der Waals surface area (Å²) in [7, 11) is 0. The highest BCUT2D eigenvalue weighted by Gasteiger charge is 2.32. The summed E-state index contributed by atoms with van der Waals surface area (Å²) >= 11 is 0. The molecule has 0 atom stereocenters. The van der Waals surface area contributed by atoms with Crippen LogP contribution in [0.1, 0.15) is 66.9 Å². The average molecular weight is 472 g/mol. The SMILES string of the molecule is CC1CCC(NC(=O)CN2CCC(CNC(=O)c3cc(CF)cc(C(F)(F)F)c3)CC2)CC1. The van der Waals surface area contributed by atoms with Crippen molar-refractivity contribution in [3.8, 4) is 0 Å². The number of carbonyl (C=O) groups excluding carboxylic acids is 2. The lowest BCUT2D eigenvalue weighted by molar-refractivity contribution is -0.137. The number of carbonyl (C=O) groups is 2. The highest BCUT2D eigenvalue weighted by molar-refractivity contribution is 5.94. The highest BCUT2D eigenvalue weighted by Crippen LogP contribution is 2.31. The highest BCUT2D eigenvalue weighted by atomic mass is 19.4. The van der Waals surface area contributed by atoms with E-state index in [2.05, 4.69) is 22.5 Å². The molecule has 0 unspecified atom stereocenters. The molecular weight excluding hydrogens is 438 g/mol. The Hall–Kier alpha value is -2.16. The Balaban J connectivity index is 1.41. The van der Waals surface area contributed by atoms with Gasteiger partial charge in [-0.05, 0) is 87.2 Å². The van der Waals surface area contributed by atoms with E-state index in [4.69, 9.17) is 0 Å². The Labute approximate surface area is 192 Å². The Morgan fingerprint density at radius 3 is 2.30 bits per heavy atom. The molecule has 3 rings (SSSR count). The Bertz CT molecular complexity index is 814. The number of rotatable bonds is 7. The topological polar surface area (TPSA) is 61.4 Å². The minimum absolute atomic E-state index is 0.0505. The van der Waals surface area contributed by atoms with Gasteiger partial charge in [-0.2, -0.15) is 13.2 Å². The number of alkyl halides is 4. The van der Waals surface area contributed by atoms with Gasteiger partial charge in [0, 0.05) is 18.2 Å². The van der Waals surface area contributed by atoms with Crippen LogP contribution in [0.3, 0.4) is 0 Å². The molecule has 2 amide bonds. The van der Waals surface area contributed by atoms with Crippen molar-refractivity contribution >= 4 is 11.8 Å². The van der Waals surface area contributed by atoms with Gasteiger partial charge in [-0.15, -0.1) is 0 Å². The van der Waals surface area contributed by atoms with E-state index in [-0.39, 0.29) is 29.0 Å². The molecule has 2 N–H and O–H groups in total. The molecule has 2 fully saturated rings. The van der Waals surface area contributed by atoms with Crippen LogP contribution >= 0.6 is 0 Å². The third-order valence-electron chi connectivity index (χ3n) is 6.74. The molecule has 1 aliphatic carbocycles. The minimum Gasteiger partial charge on any atom is -0.352 e. The van der Waals surface area contributed by atoms with E-state index < -0.39 is 24.3 Å². The van der Waals surface area contributed by atoms with Crippen molar-refractivity contribution in [2.24, 2.45) is 11.8 Å². The zero-order chi connectivity index (χ0) is 24.0. The van der Waals surface area contributed by atoms with Crippen molar-refractivity contribution < 1.29 is 27.2 Å². The van der Waals surface area contributed by atoms with Gasteiger partial charge in [0.25, 0.3) is 5.91 Å². The molecule has 0 bridgehead atoms. The third-order valence-corrected chi connectivity index (χ3v) is 6.74. The van der Waals surface area contributed by atoms with Gasteiger partial charge in [0.1, 0.15) is 6.67 Å². The summed E-state index contributed by atoms with van der Waals surface area (Å²) < 4.78 is 52.0. The summed E-state index contributed by atoms with van der Waals surface area (Å²) in [5, 5.41) is 5.82. The Morgan fingerprint density at radius 2 is 1.70 bits per heavy atom. The first-order valence-electron chi connectivity index (χ1n) is 11.7. The molecule has 1 aliphatic heterocycles. The molecule has 9 heteroatoms. The largest absolute Gasteiger partial charge is 0.416 e. The molecule has 0 aromatic heterocycles. The average Bonchev–Trinajstić information content (AvgIpc) is 2.79. The summed E-state index contributed by atoms with van der Waals surface area (Å²) in [5.41, 5.74) is -1.40. The van der Waals surface area contributed by atoms with Crippen molar-refractivity contribution in [2.75, 3.05) is 26.2 Å². The number of likely N-dealkylation sites (tertiary alicyclic amines) is 1. The van der Waals surface area contributed by atoms with Crippen molar-refractivity contribution in [2.45, 2.75) is 64.3 Å². The maximum absolute atomic E-state index is 13.0. The normalized spacial score (nSPS) is 22.7. The monoisotopic (exact) mass is 471 g/mol. The van der Waals surface area contributed by atoms with E-state index in [0.717, 1.165) is 75.7 Å². The number of nitrogens with one attached hydrogen (secondary N) is 2. The van der Waals surface area contributed by atoms with Crippen molar-refractivity contribution in [1.29, 1.82) is 0 Å². The minimum atomic E-state index is -4.64. The van der Waals surface area contributed by atoms with Crippen LogP contribution < -0.4 is 10.6 Å². The molecule has 33 heavy (non-hydrogen) atoms. The van der Waals surface area contributed by atoms with Gasteiger partial charge in [-0.1, -0.05) is 6.92 Å². The van der Waals surface area contributed by atoms with Crippen LogP contribution in [-0.2, 0) is 17.6 Å². The predicted octanol–water partition coefficient (Wildman–Crippen LogP) is 4.31. The maximum Gasteiger partial charge on any atom is 0.416 e. The lowest BCUT2D eigenvalue weighted by Gasteiger charge is -2.32. The van der Waals surface area contributed by atoms with Crippen LogP contribution in [0.15, 0.2) is 18.2 Å². The standard InChI is InChI=1S/C24H33F4N3O2/c1-16-2-4-21(5-3-16)30-22(32)15-31-8-6-17(7-9-31)14-29-23(33)19-10-18(13-25)11-20(12-19)24(26,27)28/h10-12,16-17,21H,2-9,13-15H2,1H3,(H,29,33)(H,30,32). The first-order valence-corrected chi connectivity index (χ1v) is 11.7. The van der Waals surface area contributed by atoms with E-state index in [1.807, 2.05) is 0 Å². The Kier molecular flexibility index (Phi) is 8.73. The number of amides is 2. The van der Waals surface area contributed by atoms with Crippen LogP contribution in [0.5, 0.6) is 0 Å². The predicted molar refractivity (Wildman–Crippen MR) is 117 cm³/mol. The zero-order valence-corrected chi connectivity index (χ0v) is 19.0. The van der Waals surface area contributed by atoms with Crippen LogP contribution in [0.25, 0.3) is 0 Å². The maximum atomic E-state index is 13.0. The van der Waals surface area contributed by atoms with E-state index in [1.165, 1.54) is 0 Å². The molecule has 1 saturated heterocycles. The van der Waals surface area contributed by atoms with Gasteiger partial charge in [0.05, 0.1) is 12.1 Å². The van der Waals surface area contributed by atoms with Gasteiger partial charge >= 0.3 is 6.18 Å². The summed E-state index contributed by atoms with van der Waals surface area (Å²) in [6, 6.07) is 2.90. The van der Waals surface area contributed by atoms with E-state index in [0.29, 0.717) is 13.1 Å². The molecule has 1 saturated carbocycles. The molecule has 1 heterocycles. The van der Waals surface area contributed by atoms with E-state index in [1.54, 1.807) is 0 Å². The number of nitrogens with zero attached hydrogens (tertiary/aromatic N) is 1. The van der Waals surface area contributed by atoms with Crippen LogP contribution in [0.4, 0.5) is 17.6 Å². The van der Waals surface area contributed by atoms with Crippen LogP contribution in [-0.4, -0.2) is 48.9 Å². The number of halogens is 4. The van der Waals surface area contributed by atoms with E-state index >= 15 is 0 Å². The fourth-order valence-electron chi connectivity index (χ4n) is 4.63. The first kappa shape index (κ1) is 25.5. The summed E-state index contributed by atoms with van der Waals surface area (Å²) in [4.78, 5) is 26.8. The van der Waals surface area contributed by atoms with Crippen molar-refractivity contribution in [1.82, 2.24) is 15.5 Å². The smallest absolute Gasteiger partial charge is 0.352 e. The Morgan fingerprint density at radius 1 is 1.03 bits per heavy atom. The molecule has 1 aromatic rings. The van der Waals surface area contributed by atoms with Gasteiger partial charge in [-0.3, -0.25) is 14.5 Å². The summed E-state index contributed by atoms with van der Waals surface area (Å²) in [5.74, 6) is 0.325. The van der Waals surface area contributed by atoms with Crippen LogP contribution in [0.2, 0.25) is 0 Å². The molecule has 184 valence electrons. The lowest BCUT2D eigenvalue weighted by Crippen LogP contribution is -2.46. The summed E-state index contributed by atoms with van der Waals surface area (Å²) in [6.07, 6.45) is 1.30. The van der Waals surface area contributed by atoms with Gasteiger partial charge < -0.3 is 10.6 Å². The summed E-state index contributed by atoms with van der Waals surface area (Å²) in [6.45, 7) is 3.32. The molecule has 1 aromatic carbocycles. The fraction of sp³-hybridized carbons (Fsp3) is 0.667. The first-order chi connectivity index (χ1) is 15.6. The molecule has 2 aliphatic rings. The van der Waals surface area contributed by atoms with E-state index in [9.17, 15) is 27.2 Å². The number of hydrogen-bond acceptors (Lipinski definition) is 3. The quantitative estimate of drug-likeness (QED) is 0.583. The van der Waals surface area contributed by atoms with Gasteiger partial charge in [0.15, 0.2) is 0 Å². The third kappa shape index (κ3) is 7.69. The lowest BCUT2D eigenvalue weighted by atomic mass is 9.87. The number of hydrogen-bond donors (Lipinski definition) is 2. The molecular formula is C24H33F4N3O2. The van der Waals surface area contributed by atoms with Gasteiger partial charge in [-0.25, -0.2) is 4.39 Å². The zero-order valence-electron chi connectivity index (χ0n) is 19.0. The molecule has 0 radical (unpaired) electrons. The number of piperidine rings is 1.